The van der Waals surface area contributed by atoms with Crippen LogP contribution in [0.2, 0.25) is 0 Å². The number of rotatable bonds is 7. The smallest absolute Gasteiger partial charge is 0.240 e. The minimum absolute atomic E-state index is 0.0830. The number of sulfone groups is 1. The molecule has 152 valence electrons. The van der Waals surface area contributed by atoms with Crippen LogP contribution in [0.5, 0.6) is 0 Å². The van der Waals surface area contributed by atoms with Crippen molar-refractivity contribution in [1.29, 1.82) is 0 Å². The first kappa shape index (κ1) is 21.2. The number of nitrogens with one attached hydrogen (secondary N) is 1. The molecule has 0 aromatic heterocycles. The molecule has 0 saturated carbocycles. The van der Waals surface area contributed by atoms with Crippen LogP contribution in [0.1, 0.15) is 17.2 Å². The predicted molar refractivity (Wildman–Crippen MR) is 110 cm³/mol. The molecule has 8 heteroatoms. The van der Waals surface area contributed by atoms with E-state index in [1.165, 1.54) is 24.3 Å². The molecule has 0 heterocycles. The van der Waals surface area contributed by atoms with E-state index in [4.69, 9.17) is 0 Å². The van der Waals surface area contributed by atoms with Crippen LogP contribution in [0, 0.1) is 6.92 Å². The molecule has 29 heavy (non-hydrogen) atoms. The Labute approximate surface area is 170 Å². The van der Waals surface area contributed by atoms with E-state index in [0.29, 0.717) is 11.1 Å². The van der Waals surface area contributed by atoms with Crippen molar-refractivity contribution >= 4 is 19.9 Å². The number of aryl methyl sites for hydroxylation is 1. The fraction of sp³-hybridized carbons (Fsp3) is 0.143. The molecule has 3 aromatic rings. The Balaban J connectivity index is 1.89. The van der Waals surface area contributed by atoms with Gasteiger partial charge in [-0.15, -0.1) is 0 Å². The van der Waals surface area contributed by atoms with Crippen LogP contribution in [0.3, 0.4) is 0 Å². The highest BCUT2D eigenvalue weighted by Gasteiger charge is 2.24. The highest BCUT2D eigenvalue weighted by molar-refractivity contribution is 7.91. The van der Waals surface area contributed by atoms with E-state index < -0.39 is 26.0 Å². The predicted octanol–water partition coefficient (Wildman–Crippen LogP) is 2.84. The minimum atomic E-state index is -4.03. The summed E-state index contributed by atoms with van der Waals surface area (Å²) in [5, 5.41) is 10.2. The van der Waals surface area contributed by atoms with Crippen LogP contribution in [0.4, 0.5) is 0 Å². The standard InChI is InChI=1S/C21H21NO5S2/c1-16-12-13-19(28(24,25)18-10-6-3-7-11-18)14-21(16)29(26,27)22-15-20(23)17-8-4-2-5-9-17/h2-14,20,22-23H,15H2,1H3. The summed E-state index contributed by atoms with van der Waals surface area (Å²) in [6.45, 7) is 1.35. The zero-order valence-electron chi connectivity index (χ0n) is 15.7. The Kier molecular flexibility index (Phi) is 6.18. The van der Waals surface area contributed by atoms with Gasteiger partial charge in [0.25, 0.3) is 0 Å². The summed E-state index contributed by atoms with van der Waals surface area (Å²) >= 11 is 0. The first-order chi connectivity index (χ1) is 13.7. The Morgan fingerprint density at radius 1 is 0.828 bits per heavy atom. The molecule has 1 unspecified atom stereocenters. The van der Waals surface area contributed by atoms with E-state index in [1.54, 1.807) is 55.5 Å². The molecule has 0 spiro atoms. The molecule has 0 aliphatic carbocycles. The lowest BCUT2D eigenvalue weighted by Crippen LogP contribution is -2.29. The second-order valence-electron chi connectivity index (χ2n) is 6.52. The monoisotopic (exact) mass is 431 g/mol. The molecule has 3 aromatic carbocycles. The first-order valence-corrected chi connectivity index (χ1v) is 11.8. The molecule has 1 atom stereocenters. The van der Waals surface area contributed by atoms with Crippen LogP contribution in [0.15, 0.2) is 93.5 Å². The summed E-state index contributed by atoms with van der Waals surface area (Å²) in [4.78, 5) is -0.173. The molecule has 0 amide bonds. The molecule has 0 radical (unpaired) electrons. The number of hydrogen-bond donors (Lipinski definition) is 2. The second-order valence-corrected chi connectivity index (χ2v) is 10.2. The van der Waals surface area contributed by atoms with Gasteiger partial charge >= 0.3 is 0 Å². The third-order valence-electron chi connectivity index (χ3n) is 4.46. The van der Waals surface area contributed by atoms with Crippen molar-refractivity contribution < 1.29 is 21.9 Å². The van der Waals surface area contributed by atoms with Crippen molar-refractivity contribution in [3.05, 3.63) is 90.0 Å². The summed E-state index contributed by atoms with van der Waals surface area (Å²) in [6.07, 6.45) is -1.03. The highest BCUT2D eigenvalue weighted by Crippen LogP contribution is 2.25. The number of benzene rings is 3. The Bertz CT molecular complexity index is 1190. The number of aliphatic hydroxyl groups is 1. The van der Waals surface area contributed by atoms with Crippen molar-refractivity contribution in [2.45, 2.75) is 27.7 Å². The number of sulfonamides is 1. The topological polar surface area (TPSA) is 101 Å². The SMILES string of the molecule is Cc1ccc(S(=O)(=O)c2ccccc2)cc1S(=O)(=O)NCC(O)c1ccccc1. The maximum atomic E-state index is 12.8. The van der Waals surface area contributed by atoms with E-state index in [9.17, 15) is 21.9 Å². The Morgan fingerprint density at radius 2 is 1.41 bits per heavy atom. The van der Waals surface area contributed by atoms with E-state index in [2.05, 4.69) is 4.72 Å². The van der Waals surface area contributed by atoms with Crippen molar-refractivity contribution in [1.82, 2.24) is 4.72 Å². The summed E-state index contributed by atoms with van der Waals surface area (Å²) in [5.74, 6) is 0. The van der Waals surface area contributed by atoms with Crippen molar-refractivity contribution in [3.8, 4) is 0 Å². The van der Waals surface area contributed by atoms with Crippen LogP contribution >= 0.6 is 0 Å². The van der Waals surface area contributed by atoms with Gasteiger partial charge in [-0.3, -0.25) is 0 Å². The lowest BCUT2D eigenvalue weighted by molar-refractivity contribution is 0.182. The van der Waals surface area contributed by atoms with Gasteiger partial charge in [0.15, 0.2) is 0 Å². The average Bonchev–Trinajstić information content (AvgIpc) is 2.73. The molecule has 0 bridgehead atoms. The highest BCUT2D eigenvalue weighted by atomic mass is 32.2. The summed E-state index contributed by atoms with van der Waals surface area (Å²) in [5.41, 5.74) is 0.978. The molecular formula is C21H21NO5S2. The van der Waals surface area contributed by atoms with Gasteiger partial charge in [-0.2, -0.15) is 0 Å². The molecule has 0 aliphatic heterocycles. The second kappa shape index (κ2) is 8.46. The van der Waals surface area contributed by atoms with E-state index in [1.807, 2.05) is 0 Å². The van der Waals surface area contributed by atoms with E-state index in [0.717, 1.165) is 6.07 Å². The first-order valence-electron chi connectivity index (χ1n) is 8.85. The molecular weight excluding hydrogens is 410 g/mol. The minimum Gasteiger partial charge on any atom is -0.387 e. The fourth-order valence-corrected chi connectivity index (χ4v) is 5.52. The van der Waals surface area contributed by atoms with Gasteiger partial charge in [0.1, 0.15) is 0 Å². The Hall–Kier alpha value is -2.52. The lowest BCUT2D eigenvalue weighted by Gasteiger charge is -2.15. The van der Waals surface area contributed by atoms with Crippen molar-refractivity contribution in [3.63, 3.8) is 0 Å². The van der Waals surface area contributed by atoms with Gasteiger partial charge in [-0.25, -0.2) is 21.6 Å². The third-order valence-corrected chi connectivity index (χ3v) is 7.80. The molecule has 0 fully saturated rings. The van der Waals surface area contributed by atoms with Gasteiger partial charge in [0, 0.05) is 6.54 Å². The number of aliphatic hydroxyl groups excluding tert-OH is 1. The third kappa shape index (κ3) is 4.73. The molecule has 2 N–H and O–H groups in total. The maximum absolute atomic E-state index is 12.8. The van der Waals surface area contributed by atoms with Crippen LogP contribution < -0.4 is 4.72 Å². The molecule has 3 rings (SSSR count). The van der Waals surface area contributed by atoms with Gasteiger partial charge in [-0.05, 0) is 42.3 Å². The quantitative estimate of drug-likeness (QED) is 0.599. The summed E-state index contributed by atoms with van der Waals surface area (Å²) < 4.78 is 53.6. The Morgan fingerprint density at radius 3 is 2.03 bits per heavy atom. The molecule has 0 saturated heterocycles. The van der Waals surface area contributed by atoms with Crippen LogP contribution in [-0.2, 0) is 19.9 Å². The summed E-state index contributed by atoms with van der Waals surface area (Å²) in [6, 6.07) is 20.5. The largest absolute Gasteiger partial charge is 0.387 e. The summed E-state index contributed by atoms with van der Waals surface area (Å²) in [7, 11) is -7.89. The average molecular weight is 432 g/mol. The lowest BCUT2D eigenvalue weighted by atomic mass is 10.1. The van der Waals surface area contributed by atoms with Gasteiger partial charge in [0.2, 0.25) is 19.9 Å². The van der Waals surface area contributed by atoms with Crippen molar-refractivity contribution in [2.75, 3.05) is 6.54 Å². The van der Waals surface area contributed by atoms with Crippen molar-refractivity contribution in [2.24, 2.45) is 0 Å². The maximum Gasteiger partial charge on any atom is 0.240 e. The zero-order chi connectivity index (χ0) is 21.1. The van der Waals surface area contributed by atoms with Gasteiger partial charge in [0.05, 0.1) is 20.8 Å². The van der Waals surface area contributed by atoms with Crippen LogP contribution in [-0.4, -0.2) is 28.5 Å². The van der Waals surface area contributed by atoms with E-state index in [-0.39, 0.29) is 21.2 Å². The fourth-order valence-electron chi connectivity index (χ4n) is 2.83. The van der Waals surface area contributed by atoms with Gasteiger partial charge < -0.3 is 5.11 Å². The molecule has 6 nitrogen and oxygen atoms in total. The van der Waals surface area contributed by atoms with Gasteiger partial charge in [-0.1, -0.05) is 54.6 Å². The number of hydrogen-bond acceptors (Lipinski definition) is 5. The zero-order valence-corrected chi connectivity index (χ0v) is 17.3. The van der Waals surface area contributed by atoms with E-state index >= 15 is 0 Å². The molecule has 0 aliphatic rings. The van der Waals surface area contributed by atoms with Crippen LogP contribution in [0.25, 0.3) is 0 Å². The normalized spacial score (nSPS) is 13.2.